The molecule has 0 unspecified atom stereocenters. The molecule has 0 amide bonds. The molecule has 0 fully saturated rings. The topological polar surface area (TPSA) is 18.5 Å². The molecular formula is C10H22O2Si. The van der Waals surface area contributed by atoms with Gasteiger partial charge in [0.2, 0.25) is 0 Å². The Hall–Kier alpha value is -0.123. The Bertz CT molecular complexity index is 172. The second kappa shape index (κ2) is 5.57. The Morgan fingerprint density at radius 1 is 1.31 bits per heavy atom. The van der Waals surface area contributed by atoms with E-state index in [-0.39, 0.29) is 0 Å². The lowest BCUT2D eigenvalue weighted by Crippen LogP contribution is -2.43. The molecule has 0 saturated heterocycles. The van der Waals surface area contributed by atoms with Crippen LogP contribution < -0.4 is 0 Å². The van der Waals surface area contributed by atoms with Crippen LogP contribution in [-0.4, -0.2) is 22.8 Å². The first-order chi connectivity index (χ1) is 6.02. The summed E-state index contributed by atoms with van der Waals surface area (Å²) in [7, 11) is 1.46. The van der Waals surface area contributed by atoms with Crippen molar-refractivity contribution in [1.29, 1.82) is 0 Å². The average molecular weight is 202 g/mol. The molecule has 0 atom stereocenters. The van der Waals surface area contributed by atoms with Gasteiger partial charge in [0.1, 0.15) is 0 Å². The van der Waals surface area contributed by atoms with Crippen LogP contribution in [0.5, 0.6) is 0 Å². The normalized spacial score (nSPS) is 13.9. The third kappa shape index (κ3) is 3.25. The molecule has 3 heteroatoms. The highest BCUT2D eigenvalue weighted by Gasteiger charge is 2.37. The fraction of sp³-hybridized carbons (Fsp3) is 0.800. The monoisotopic (exact) mass is 202 g/mol. The van der Waals surface area contributed by atoms with Gasteiger partial charge in [-0.05, 0) is 31.0 Å². The second-order valence-electron chi connectivity index (χ2n) is 3.73. The van der Waals surface area contributed by atoms with Crippen LogP contribution in [0.3, 0.4) is 0 Å². The van der Waals surface area contributed by atoms with E-state index >= 15 is 0 Å². The van der Waals surface area contributed by atoms with Crippen LogP contribution in [0.4, 0.5) is 0 Å². The molecule has 0 heterocycles. The van der Waals surface area contributed by atoms with Crippen molar-refractivity contribution in [2.24, 2.45) is 5.92 Å². The predicted molar refractivity (Wildman–Crippen MR) is 58.8 cm³/mol. The van der Waals surface area contributed by atoms with Crippen molar-refractivity contribution in [3.63, 3.8) is 0 Å². The third-order valence-electron chi connectivity index (χ3n) is 2.37. The first kappa shape index (κ1) is 12.9. The van der Waals surface area contributed by atoms with E-state index in [0.717, 1.165) is 6.04 Å². The largest absolute Gasteiger partial charge is 0.395 e. The van der Waals surface area contributed by atoms with E-state index < -0.39 is 8.56 Å². The highest BCUT2D eigenvalue weighted by molar-refractivity contribution is 6.74. The van der Waals surface area contributed by atoms with Crippen molar-refractivity contribution in [2.75, 3.05) is 14.2 Å². The molecule has 0 aromatic carbocycles. The minimum atomic E-state index is -2.05. The number of hydrogen-bond acceptors (Lipinski definition) is 2. The van der Waals surface area contributed by atoms with Crippen LogP contribution in [0.15, 0.2) is 11.3 Å². The van der Waals surface area contributed by atoms with Gasteiger partial charge in [-0.3, -0.25) is 0 Å². The lowest BCUT2D eigenvalue weighted by atomic mass is 10.3. The molecule has 0 aromatic rings. The summed E-state index contributed by atoms with van der Waals surface area (Å²) in [4.78, 5) is 0. The molecule has 0 aliphatic carbocycles. The minimum absolute atomic E-state index is 0.612. The number of allylic oxidation sites excluding steroid dienone is 2. The second-order valence-corrected chi connectivity index (χ2v) is 7.25. The molecule has 0 aliphatic rings. The molecule has 0 aromatic heterocycles. The van der Waals surface area contributed by atoms with Crippen LogP contribution in [-0.2, 0) is 8.85 Å². The van der Waals surface area contributed by atoms with E-state index in [1.165, 1.54) is 5.20 Å². The van der Waals surface area contributed by atoms with E-state index in [9.17, 15) is 0 Å². The maximum Gasteiger partial charge on any atom is 0.367 e. The van der Waals surface area contributed by atoms with Crippen molar-refractivity contribution >= 4 is 8.56 Å². The maximum atomic E-state index is 5.60. The first-order valence-electron chi connectivity index (χ1n) is 4.76. The molecule has 13 heavy (non-hydrogen) atoms. The zero-order valence-electron chi connectivity index (χ0n) is 9.68. The smallest absolute Gasteiger partial charge is 0.367 e. The molecule has 0 bridgehead atoms. The Morgan fingerprint density at radius 2 is 1.77 bits per heavy atom. The quantitative estimate of drug-likeness (QED) is 0.638. The fourth-order valence-electron chi connectivity index (χ4n) is 1.49. The lowest BCUT2D eigenvalue weighted by Gasteiger charge is -2.29. The lowest BCUT2D eigenvalue weighted by molar-refractivity contribution is 0.246. The van der Waals surface area contributed by atoms with Crippen LogP contribution in [0.25, 0.3) is 0 Å². The van der Waals surface area contributed by atoms with Gasteiger partial charge in [0.25, 0.3) is 0 Å². The van der Waals surface area contributed by atoms with Gasteiger partial charge in [-0.15, -0.1) is 0 Å². The van der Waals surface area contributed by atoms with Gasteiger partial charge in [0.05, 0.1) is 0 Å². The Balaban J connectivity index is 4.69. The van der Waals surface area contributed by atoms with Gasteiger partial charge in [0, 0.05) is 14.2 Å². The summed E-state index contributed by atoms with van der Waals surface area (Å²) in [5.41, 5.74) is 0. The fourth-order valence-corrected chi connectivity index (χ4v) is 4.47. The summed E-state index contributed by atoms with van der Waals surface area (Å²) in [5.74, 6) is 0.612. The van der Waals surface area contributed by atoms with Crippen LogP contribution in [0, 0.1) is 5.92 Å². The van der Waals surface area contributed by atoms with Crippen LogP contribution in [0.1, 0.15) is 27.7 Å². The maximum absolute atomic E-state index is 5.60. The van der Waals surface area contributed by atoms with Crippen LogP contribution in [0.2, 0.25) is 6.04 Å². The van der Waals surface area contributed by atoms with E-state index in [1.807, 2.05) is 6.92 Å². The zero-order chi connectivity index (χ0) is 10.5. The molecule has 0 aliphatic heterocycles. The van der Waals surface area contributed by atoms with Crippen molar-refractivity contribution in [1.82, 2.24) is 0 Å². The number of rotatable bonds is 5. The van der Waals surface area contributed by atoms with Crippen molar-refractivity contribution < 1.29 is 8.85 Å². The average Bonchev–Trinajstić information content (AvgIpc) is 2.12. The molecule has 0 rings (SSSR count). The summed E-state index contributed by atoms with van der Waals surface area (Å²) >= 11 is 0. The van der Waals surface area contributed by atoms with E-state index in [2.05, 4.69) is 26.8 Å². The summed E-state index contributed by atoms with van der Waals surface area (Å²) in [6.07, 6.45) is 2.10. The predicted octanol–water partition coefficient (Wildman–Crippen LogP) is 2.88. The molecule has 0 saturated carbocycles. The molecule has 2 nitrogen and oxygen atoms in total. The number of hydrogen-bond donors (Lipinski definition) is 0. The Kier molecular flexibility index (Phi) is 5.52. The third-order valence-corrected chi connectivity index (χ3v) is 6.53. The van der Waals surface area contributed by atoms with Crippen molar-refractivity contribution in [3.05, 3.63) is 11.3 Å². The standard InChI is InChI=1S/C10H22O2Si/c1-7-10(4)13(11-5,12-6)8-9(2)3/h7,9H,8H2,1-6H3. The summed E-state index contributed by atoms with van der Waals surface area (Å²) in [6.45, 7) is 8.53. The zero-order valence-corrected chi connectivity index (χ0v) is 10.7. The van der Waals surface area contributed by atoms with Crippen molar-refractivity contribution in [3.8, 4) is 0 Å². The first-order valence-corrected chi connectivity index (χ1v) is 6.78. The Labute approximate surface area is 83.2 Å². The molecule has 0 N–H and O–H groups in total. The summed E-state index contributed by atoms with van der Waals surface area (Å²) in [6, 6.07) is 1.02. The van der Waals surface area contributed by atoms with Gasteiger partial charge in [-0.25, -0.2) is 0 Å². The molecular weight excluding hydrogens is 180 g/mol. The highest BCUT2D eigenvalue weighted by atomic mass is 28.4. The van der Waals surface area contributed by atoms with E-state index in [1.54, 1.807) is 14.2 Å². The van der Waals surface area contributed by atoms with Gasteiger partial charge in [0.15, 0.2) is 0 Å². The molecule has 0 radical (unpaired) electrons. The van der Waals surface area contributed by atoms with Gasteiger partial charge in [-0.1, -0.05) is 19.9 Å². The highest BCUT2D eigenvalue weighted by Crippen LogP contribution is 2.25. The summed E-state index contributed by atoms with van der Waals surface area (Å²) in [5, 5.41) is 1.27. The summed E-state index contributed by atoms with van der Waals surface area (Å²) < 4.78 is 11.2. The van der Waals surface area contributed by atoms with E-state index in [0.29, 0.717) is 5.92 Å². The van der Waals surface area contributed by atoms with Gasteiger partial charge >= 0.3 is 8.56 Å². The van der Waals surface area contributed by atoms with Crippen LogP contribution >= 0.6 is 0 Å². The molecule has 78 valence electrons. The van der Waals surface area contributed by atoms with E-state index in [4.69, 9.17) is 8.85 Å². The molecule has 0 spiro atoms. The van der Waals surface area contributed by atoms with Gasteiger partial charge < -0.3 is 8.85 Å². The van der Waals surface area contributed by atoms with Gasteiger partial charge in [-0.2, -0.15) is 0 Å². The van der Waals surface area contributed by atoms with Crippen molar-refractivity contribution in [2.45, 2.75) is 33.7 Å². The Morgan fingerprint density at radius 3 is 2.00 bits per heavy atom. The minimum Gasteiger partial charge on any atom is -0.395 e. The SMILES string of the molecule is CC=C(C)[Si](CC(C)C)(OC)OC.